The molecule has 0 atom stereocenters. The van der Waals surface area contributed by atoms with Crippen LogP contribution in [0.4, 0.5) is 0 Å². The SMILES string of the molecule is C[n+]1c(-c2ccccc2)nc(-c2ccccc2)nc1-c1cccc2c1-c1ccccc1C2(c1ccccc1)c1ccccc1. The molecule has 3 heteroatoms. The van der Waals surface area contributed by atoms with Crippen molar-refractivity contribution in [1.29, 1.82) is 0 Å². The molecule has 0 aliphatic heterocycles. The lowest BCUT2D eigenvalue weighted by Gasteiger charge is -2.33. The largest absolute Gasteiger partial charge is 0.308 e. The van der Waals surface area contributed by atoms with Gasteiger partial charge in [-0.2, -0.15) is 0 Å². The zero-order chi connectivity index (χ0) is 29.5. The smallest absolute Gasteiger partial charge is 0.229 e. The number of nitrogens with zero attached hydrogens (tertiary/aromatic N) is 3. The molecule has 6 aromatic carbocycles. The van der Waals surface area contributed by atoms with Gasteiger partial charge in [0.1, 0.15) is 0 Å². The van der Waals surface area contributed by atoms with E-state index in [2.05, 4.69) is 151 Å². The summed E-state index contributed by atoms with van der Waals surface area (Å²) in [7, 11) is 2.08. The van der Waals surface area contributed by atoms with E-state index >= 15 is 0 Å². The van der Waals surface area contributed by atoms with Crippen LogP contribution in [0.2, 0.25) is 0 Å². The number of fused-ring (bicyclic) bond motifs is 3. The van der Waals surface area contributed by atoms with E-state index in [0.29, 0.717) is 5.82 Å². The van der Waals surface area contributed by atoms with Crippen molar-refractivity contribution < 1.29 is 4.57 Å². The zero-order valence-electron chi connectivity index (χ0n) is 24.4. The third kappa shape index (κ3) is 3.94. The maximum Gasteiger partial charge on any atom is 0.308 e. The molecule has 0 spiro atoms. The minimum atomic E-state index is -0.472. The van der Waals surface area contributed by atoms with E-state index < -0.39 is 5.41 Å². The lowest BCUT2D eigenvalue weighted by Crippen LogP contribution is -2.37. The molecule has 0 amide bonds. The van der Waals surface area contributed by atoms with Crippen LogP contribution in [0.15, 0.2) is 164 Å². The second-order valence-electron chi connectivity index (χ2n) is 11.2. The maximum absolute atomic E-state index is 5.29. The normalized spacial score (nSPS) is 12.8. The molecule has 1 aromatic heterocycles. The van der Waals surface area contributed by atoms with Crippen LogP contribution in [-0.2, 0) is 12.5 Å². The van der Waals surface area contributed by atoms with Crippen molar-refractivity contribution in [2.45, 2.75) is 5.41 Å². The fraction of sp³-hybridized carbons (Fsp3) is 0.0488. The predicted octanol–water partition coefficient (Wildman–Crippen LogP) is 8.67. The summed E-state index contributed by atoms with van der Waals surface area (Å²) in [6.07, 6.45) is 0. The Morgan fingerprint density at radius 1 is 0.432 bits per heavy atom. The second kappa shape index (κ2) is 10.6. The van der Waals surface area contributed by atoms with Crippen LogP contribution in [0.1, 0.15) is 22.3 Å². The highest BCUT2D eigenvalue weighted by Gasteiger charge is 2.47. The summed E-state index contributed by atoms with van der Waals surface area (Å²) >= 11 is 0. The van der Waals surface area contributed by atoms with Crippen molar-refractivity contribution in [2.75, 3.05) is 0 Å². The minimum Gasteiger partial charge on any atom is -0.229 e. The van der Waals surface area contributed by atoms with Gasteiger partial charge in [-0.1, -0.05) is 143 Å². The van der Waals surface area contributed by atoms with Crippen molar-refractivity contribution in [3.8, 4) is 45.3 Å². The van der Waals surface area contributed by atoms with Crippen molar-refractivity contribution in [1.82, 2.24) is 9.97 Å². The van der Waals surface area contributed by atoms with Crippen molar-refractivity contribution in [3.05, 3.63) is 186 Å². The van der Waals surface area contributed by atoms with Crippen molar-refractivity contribution in [2.24, 2.45) is 7.05 Å². The minimum absolute atomic E-state index is 0.472. The summed E-state index contributed by atoms with van der Waals surface area (Å²) < 4.78 is 2.14. The van der Waals surface area contributed by atoms with Gasteiger partial charge in [0.05, 0.1) is 29.2 Å². The monoisotopic (exact) mass is 564 g/mol. The van der Waals surface area contributed by atoms with Gasteiger partial charge in [-0.3, -0.25) is 0 Å². The summed E-state index contributed by atoms with van der Waals surface area (Å²) in [6.45, 7) is 0. The number of aromatic nitrogens is 3. The fourth-order valence-electron chi connectivity index (χ4n) is 6.96. The quantitative estimate of drug-likeness (QED) is 0.196. The van der Waals surface area contributed by atoms with Crippen LogP contribution in [0, 0.1) is 0 Å². The van der Waals surface area contributed by atoms with Crippen LogP contribution in [0.5, 0.6) is 0 Å². The number of rotatable bonds is 5. The summed E-state index contributed by atoms with van der Waals surface area (Å²) in [6, 6.07) is 58.0. The van der Waals surface area contributed by atoms with Crippen LogP contribution in [-0.4, -0.2) is 9.97 Å². The first-order chi connectivity index (χ1) is 21.8. The highest BCUT2D eigenvalue weighted by atomic mass is 15.1. The molecule has 0 saturated heterocycles. The van der Waals surface area contributed by atoms with Gasteiger partial charge in [0, 0.05) is 5.56 Å². The number of benzene rings is 6. The highest BCUT2D eigenvalue weighted by Crippen LogP contribution is 2.57. The fourth-order valence-corrected chi connectivity index (χ4v) is 6.96. The molecular weight excluding hydrogens is 534 g/mol. The van der Waals surface area contributed by atoms with Crippen LogP contribution >= 0.6 is 0 Å². The molecule has 0 fully saturated rings. The van der Waals surface area contributed by atoms with Gasteiger partial charge in [-0.25, -0.2) is 4.57 Å². The molecule has 1 aliphatic rings. The molecule has 8 rings (SSSR count). The maximum atomic E-state index is 5.29. The Kier molecular flexibility index (Phi) is 6.23. The molecule has 0 saturated carbocycles. The van der Waals surface area contributed by atoms with E-state index in [9.17, 15) is 0 Å². The van der Waals surface area contributed by atoms with Crippen LogP contribution in [0.25, 0.3) is 45.3 Å². The Labute approximate surface area is 257 Å². The number of hydrogen-bond donors (Lipinski definition) is 0. The van der Waals surface area contributed by atoms with Crippen LogP contribution in [0.3, 0.4) is 0 Å². The molecule has 1 aliphatic carbocycles. The van der Waals surface area contributed by atoms with Gasteiger partial charge in [0.15, 0.2) is 0 Å². The molecule has 1 heterocycles. The number of hydrogen-bond acceptors (Lipinski definition) is 2. The van der Waals surface area contributed by atoms with Crippen molar-refractivity contribution in [3.63, 3.8) is 0 Å². The molecule has 0 bridgehead atoms. The summed E-state index contributed by atoms with van der Waals surface area (Å²) in [4.78, 5) is 10.4. The van der Waals surface area contributed by atoms with Crippen molar-refractivity contribution >= 4 is 0 Å². The molecule has 44 heavy (non-hydrogen) atoms. The Bertz CT molecular complexity index is 2070. The van der Waals surface area contributed by atoms with E-state index in [-0.39, 0.29) is 0 Å². The first-order valence-corrected chi connectivity index (χ1v) is 15.0. The standard InChI is InChI=1S/C41H30N3/c1-44-39(30-19-8-3-9-20-30)42-38(29-17-6-2-7-18-29)43-40(44)34-26-16-28-36-37(34)33-25-14-15-27-35(33)41(36,31-21-10-4-11-22-31)32-23-12-5-13-24-32/h2-28H,1H3/q+1. The van der Waals surface area contributed by atoms with Gasteiger partial charge in [0.2, 0.25) is 0 Å². The Morgan fingerprint density at radius 3 is 1.55 bits per heavy atom. The summed E-state index contributed by atoms with van der Waals surface area (Å²) in [5, 5.41) is 0. The Balaban J connectivity index is 1.48. The summed E-state index contributed by atoms with van der Waals surface area (Å²) in [5.74, 6) is 2.45. The average Bonchev–Trinajstić information content (AvgIpc) is 3.41. The van der Waals surface area contributed by atoms with E-state index in [1.165, 1.54) is 33.4 Å². The molecule has 7 aromatic rings. The first-order valence-electron chi connectivity index (χ1n) is 15.0. The van der Waals surface area contributed by atoms with E-state index in [1.54, 1.807) is 0 Å². The topological polar surface area (TPSA) is 29.7 Å². The zero-order valence-corrected chi connectivity index (χ0v) is 24.4. The highest BCUT2D eigenvalue weighted by molar-refractivity contribution is 5.94. The molecule has 208 valence electrons. The molecule has 3 nitrogen and oxygen atoms in total. The van der Waals surface area contributed by atoms with Crippen LogP contribution < -0.4 is 4.57 Å². The third-order valence-electron chi connectivity index (χ3n) is 8.85. The Morgan fingerprint density at radius 2 is 0.909 bits per heavy atom. The molecule has 0 unspecified atom stereocenters. The van der Waals surface area contributed by atoms with Gasteiger partial charge >= 0.3 is 5.82 Å². The van der Waals surface area contributed by atoms with Gasteiger partial charge in [-0.15, -0.1) is 0 Å². The predicted molar refractivity (Wildman–Crippen MR) is 177 cm³/mol. The average molecular weight is 565 g/mol. The van der Waals surface area contributed by atoms with Gasteiger partial charge in [0.25, 0.3) is 11.6 Å². The lowest BCUT2D eigenvalue weighted by molar-refractivity contribution is -0.654. The van der Waals surface area contributed by atoms with E-state index in [4.69, 9.17) is 9.97 Å². The third-order valence-corrected chi connectivity index (χ3v) is 8.85. The summed E-state index contributed by atoms with van der Waals surface area (Å²) in [5.41, 5.74) is 10.1. The van der Waals surface area contributed by atoms with E-state index in [1.807, 2.05) is 24.3 Å². The second-order valence-corrected chi connectivity index (χ2v) is 11.2. The lowest BCUT2D eigenvalue weighted by atomic mass is 9.67. The van der Waals surface area contributed by atoms with Gasteiger partial charge in [-0.05, 0) is 58.1 Å². The molecule has 0 N–H and O–H groups in total. The van der Waals surface area contributed by atoms with E-state index in [0.717, 1.165) is 28.3 Å². The van der Waals surface area contributed by atoms with Gasteiger partial charge < -0.3 is 0 Å². The molecule has 0 radical (unpaired) electrons. The molecular formula is C41H30N3+. The first kappa shape index (κ1) is 26.0. The Hall–Kier alpha value is -5.67.